The van der Waals surface area contributed by atoms with Crippen molar-refractivity contribution in [3.05, 3.63) is 24.3 Å². The van der Waals surface area contributed by atoms with Crippen molar-refractivity contribution in [3.8, 4) is 5.75 Å². The summed E-state index contributed by atoms with van der Waals surface area (Å²) >= 11 is 0. The molecule has 1 atom stereocenters. The molecule has 118 valence electrons. The highest BCUT2D eigenvalue weighted by Crippen LogP contribution is 2.18. The number of ether oxygens (including phenoxy) is 1. The molecule has 0 bridgehead atoms. The maximum absolute atomic E-state index is 12.0. The average molecular weight is 316 g/mol. The van der Waals surface area contributed by atoms with Gasteiger partial charge in [-0.05, 0) is 37.6 Å². The Morgan fingerprint density at radius 2 is 1.86 bits per heavy atom. The number of amides is 2. The number of anilines is 1. The third-order valence-corrected chi connectivity index (χ3v) is 2.78. The summed E-state index contributed by atoms with van der Waals surface area (Å²) in [7, 11) is 0. The van der Waals surface area contributed by atoms with E-state index in [1.165, 1.54) is 0 Å². The fourth-order valence-corrected chi connectivity index (χ4v) is 1.70. The largest absolute Gasteiger partial charge is 0.484 e. The number of carbonyl (C=O) groups excluding carboxylic acids is 2. The lowest BCUT2D eigenvalue weighted by atomic mass is 9.96. The van der Waals surface area contributed by atoms with Crippen LogP contribution in [0.25, 0.3) is 0 Å². The predicted molar refractivity (Wildman–Crippen MR) is 84.5 cm³/mol. The van der Waals surface area contributed by atoms with Crippen molar-refractivity contribution < 1.29 is 14.3 Å². The Morgan fingerprint density at radius 1 is 1.29 bits per heavy atom. The molecule has 0 aliphatic carbocycles. The summed E-state index contributed by atoms with van der Waals surface area (Å²) in [5, 5.41) is 2.75. The quantitative estimate of drug-likeness (QED) is 0.707. The monoisotopic (exact) mass is 315 g/mol. The van der Waals surface area contributed by atoms with Crippen LogP contribution in [0.1, 0.15) is 26.7 Å². The molecule has 5 N–H and O–H groups in total. The SMILES string of the molecule is CCCC(C)(N)C(=O)Nc1ccc(OCC(N)=O)cc1.Cl. The second-order valence-electron chi connectivity index (χ2n) is 4.90. The van der Waals surface area contributed by atoms with Gasteiger partial charge in [-0.15, -0.1) is 12.4 Å². The number of hydrogen-bond acceptors (Lipinski definition) is 4. The van der Waals surface area contributed by atoms with Crippen LogP contribution in [0, 0.1) is 0 Å². The smallest absolute Gasteiger partial charge is 0.255 e. The van der Waals surface area contributed by atoms with Crippen LogP contribution in [0.15, 0.2) is 24.3 Å². The minimum absolute atomic E-state index is 0. The fraction of sp³-hybridized carbons (Fsp3) is 0.429. The fourth-order valence-electron chi connectivity index (χ4n) is 1.70. The van der Waals surface area contributed by atoms with Crippen molar-refractivity contribution in [1.29, 1.82) is 0 Å². The molecule has 7 heteroatoms. The van der Waals surface area contributed by atoms with Crippen molar-refractivity contribution in [2.75, 3.05) is 11.9 Å². The topological polar surface area (TPSA) is 107 Å². The van der Waals surface area contributed by atoms with Gasteiger partial charge in [-0.3, -0.25) is 9.59 Å². The maximum atomic E-state index is 12.0. The molecule has 0 aliphatic rings. The molecular formula is C14H22ClN3O3. The van der Waals surface area contributed by atoms with Crippen LogP contribution in [-0.2, 0) is 9.59 Å². The number of primary amides is 1. The first-order valence-electron chi connectivity index (χ1n) is 6.46. The van der Waals surface area contributed by atoms with Gasteiger partial charge in [0.15, 0.2) is 6.61 Å². The lowest BCUT2D eigenvalue weighted by Gasteiger charge is -2.22. The molecule has 0 saturated carbocycles. The Kier molecular flexibility index (Phi) is 7.76. The number of carbonyl (C=O) groups is 2. The van der Waals surface area contributed by atoms with E-state index < -0.39 is 11.4 Å². The molecule has 21 heavy (non-hydrogen) atoms. The van der Waals surface area contributed by atoms with E-state index in [2.05, 4.69) is 5.32 Å². The van der Waals surface area contributed by atoms with Gasteiger partial charge in [-0.2, -0.15) is 0 Å². The molecule has 0 aliphatic heterocycles. The zero-order valence-corrected chi connectivity index (χ0v) is 13.0. The Balaban J connectivity index is 0.00000400. The van der Waals surface area contributed by atoms with E-state index in [9.17, 15) is 9.59 Å². The van der Waals surface area contributed by atoms with Gasteiger partial charge in [0, 0.05) is 5.69 Å². The molecule has 0 heterocycles. The van der Waals surface area contributed by atoms with Crippen molar-refractivity contribution in [2.24, 2.45) is 11.5 Å². The van der Waals surface area contributed by atoms with Crippen LogP contribution in [0.4, 0.5) is 5.69 Å². The van der Waals surface area contributed by atoms with E-state index in [-0.39, 0.29) is 24.9 Å². The van der Waals surface area contributed by atoms with Crippen LogP contribution >= 0.6 is 12.4 Å². The minimum Gasteiger partial charge on any atom is -0.484 e. The van der Waals surface area contributed by atoms with E-state index >= 15 is 0 Å². The number of halogens is 1. The number of nitrogens with two attached hydrogens (primary N) is 2. The van der Waals surface area contributed by atoms with E-state index in [4.69, 9.17) is 16.2 Å². The summed E-state index contributed by atoms with van der Waals surface area (Å²) in [5.74, 6) is -0.267. The molecular weight excluding hydrogens is 294 g/mol. The van der Waals surface area contributed by atoms with Gasteiger partial charge in [0.25, 0.3) is 5.91 Å². The van der Waals surface area contributed by atoms with E-state index in [1.54, 1.807) is 31.2 Å². The molecule has 1 aromatic rings. The second-order valence-corrected chi connectivity index (χ2v) is 4.90. The van der Waals surface area contributed by atoms with E-state index in [0.29, 0.717) is 17.9 Å². The van der Waals surface area contributed by atoms with Gasteiger partial charge in [0.2, 0.25) is 5.91 Å². The van der Waals surface area contributed by atoms with Gasteiger partial charge in [0.1, 0.15) is 5.75 Å². The van der Waals surface area contributed by atoms with Crippen molar-refractivity contribution in [2.45, 2.75) is 32.2 Å². The van der Waals surface area contributed by atoms with Gasteiger partial charge in [-0.1, -0.05) is 13.3 Å². The molecule has 1 aromatic carbocycles. The summed E-state index contributed by atoms with van der Waals surface area (Å²) < 4.78 is 5.12. The molecule has 1 rings (SSSR count). The summed E-state index contributed by atoms with van der Waals surface area (Å²) in [6, 6.07) is 6.64. The highest BCUT2D eigenvalue weighted by atomic mass is 35.5. The first-order chi connectivity index (χ1) is 9.35. The van der Waals surface area contributed by atoms with Gasteiger partial charge >= 0.3 is 0 Å². The molecule has 0 aromatic heterocycles. The lowest BCUT2D eigenvalue weighted by molar-refractivity contribution is -0.121. The molecule has 6 nitrogen and oxygen atoms in total. The van der Waals surface area contributed by atoms with Crippen molar-refractivity contribution in [3.63, 3.8) is 0 Å². The highest BCUT2D eigenvalue weighted by molar-refractivity contribution is 5.97. The summed E-state index contributed by atoms with van der Waals surface area (Å²) in [4.78, 5) is 22.6. The molecule has 2 amide bonds. The first kappa shape index (κ1) is 19.2. The average Bonchev–Trinajstić information content (AvgIpc) is 2.37. The normalized spacial score (nSPS) is 12.7. The van der Waals surface area contributed by atoms with Crippen molar-refractivity contribution in [1.82, 2.24) is 0 Å². The summed E-state index contributed by atoms with van der Waals surface area (Å²) in [6.07, 6.45) is 1.44. The molecule has 0 radical (unpaired) electrons. The molecule has 0 fully saturated rings. The summed E-state index contributed by atoms with van der Waals surface area (Å²) in [6.45, 7) is 3.50. The van der Waals surface area contributed by atoms with E-state index in [0.717, 1.165) is 6.42 Å². The zero-order chi connectivity index (χ0) is 15.2. The predicted octanol–water partition coefficient (Wildman–Crippen LogP) is 1.43. The Bertz CT molecular complexity index is 475. The second kappa shape index (κ2) is 8.49. The highest BCUT2D eigenvalue weighted by Gasteiger charge is 2.27. The van der Waals surface area contributed by atoms with Gasteiger partial charge in [0.05, 0.1) is 5.54 Å². The number of rotatable bonds is 7. The molecule has 0 spiro atoms. The molecule has 1 unspecified atom stereocenters. The van der Waals surface area contributed by atoms with E-state index in [1.807, 2.05) is 6.92 Å². The third kappa shape index (κ3) is 6.46. The first-order valence-corrected chi connectivity index (χ1v) is 6.46. The van der Waals surface area contributed by atoms with Gasteiger partial charge < -0.3 is 21.5 Å². The van der Waals surface area contributed by atoms with Crippen LogP contribution < -0.4 is 21.5 Å². The van der Waals surface area contributed by atoms with Crippen molar-refractivity contribution >= 4 is 29.9 Å². The molecule has 0 saturated heterocycles. The minimum atomic E-state index is -0.893. The lowest BCUT2D eigenvalue weighted by Crippen LogP contribution is -2.48. The number of hydrogen-bond donors (Lipinski definition) is 3. The Labute approximate surface area is 130 Å². The number of nitrogens with one attached hydrogen (secondary N) is 1. The number of benzene rings is 1. The van der Waals surface area contributed by atoms with Crippen LogP contribution in [-0.4, -0.2) is 24.0 Å². The Morgan fingerprint density at radius 3 is 2.33 bits per heavy atom. The van der Waals surface area contributed by atoms with Crippen LogP contribution in [0.3, 0.4) is 0 Å². The summed E-state index contributed by atoms with van der Waals surface area (Å²) in [5.41, 5.74) is 10.6. The maximum Gasteiger partial charge on any atom is 0.255 e. The zero-order valence-electron chi connectivity index (χ0n) is 12.2. The van der Waals surface area contributed by atoms with Crippen LogP contribution in [0.5, 0.6) is 5.75 Å². The third-order valence-electron chi connectivity index (χ3n) is 2.78. The Hall–Kier alpha value is -1.79. The van der Waals surface area contributed by atoms with Crippen LogP contribution in [0.2, 0.25) is 0 Å². The standard InChI is InChI=1S/C14H21N3O3.ClH/c1-3-8-14(2,16)13(19)17-10-4-6-11(7-5-10)20-9-12(15)18;/h4-7H,3,8-9,16H2,1-2H3,(H2,15,18)(H,17,19);1H. The van der Waals surface area contributed by atoms with Gasteiger partial charge in [-0.25, -0.2) is 0 Å².